The monoisotopic (exact) mass is 219 g/mol. The molecule has 0 saturated carbocycles. The number of aromatic nitrogens is 2. The van der Waals surface area contributed by atoms with Crippen LogP contribution in [0.2, 0.25) is 0 Å². The van der Waals surface area contributed by atoms with Crippen molar-refractivity contribution in [2.45, 2.75) is 13.5 Å². The van der Waals surface area contributed by atoms with Crippen molar-refractivity contribution in [3.05, 3.63) is 41.3 Å². The lowest BCUT2D eigenvalue weighted by molar-refractivity contribution is 0.627. The molecular formula is C12H14FN3. The maximum absolute atomic E-state index is 13.0. The highest BCUT2D eigenvalue weighted by molar-refractivity contribution is 5.66. The summed E-state index contributed by atoms with van der Waals surface area (Å²) in [5, 5.41) is 10.1. The summed E-state index contributed by atoms with van der Waals surface area (Å²) in [6.45, 7) is 2.63. The highest BCUT2D eigenvalue weighted by Crippen LogP contribution is 2.25. The molecule has 0 radical (unpaired) electrons. The van der Waals surface area contributed by atoms with Gasteiger partial charge in [-0.2, -0.15) is 5.10 Å². The molecule has 2 N–H and O–H groups in total. The smallest absolute Gasteiger partial charge is 0.123 e. The molecule has 16 heavy (non-hydrogen) atoms. The Hall–Kier alpha value is -1.68. The summed E-state index contributed by atoms with van der Waals surface area (Å²) in [4.78, 5) is 0. The van der Waals surface area contributed by atoms with Crippen LogP contribution in [0.3, 0.4) is 0 Å². The molecule has 0 amide bonds. The molecule has 84 valence electrons. The van der Waals surface area contributed by atoms with E-state index in [1.54, 1.807) is 12.3 Å². The summed E-state index contributed by atoms with van der Waals surface area (Å²) < 4.78 is 13.0. The van der Waals surface area contributed by atoms with E-state index in [9.17, 15) is 4.39 Å². The molecule has 0 bridgehead atoms. The lowest BCUT2D eigenvalue weighted by atomic mass is 10.0. The summed E-state index contributed by atoms with van der Waals surface area (Å²) in [6, 6.07) is 4.77. The zero-order valence-electron chi connectivity index (χ0n) is 9.34. The fraction of sp³-hybridized carbons (Fsp3) is 0.250. The van der Waals surface area contributed by atoms with Gasteiger partial charge < -0.3 is 5.32 Å². The minimum atomic E-state index is -0.212. The second-order valence-corrected chi connectivity index (χ2v) is 3.76. The van der Waals surface area contributed by atoms with Crippen molar-refractivity contribution >= 4 is 0 Å². The molecule has 1 aromatic heterocycles. The molecule has 0 spiro atoms. The van der Waals surface area contributed by atoms with E-state index in [0.717, 1.165) is 28.9 Å². The molecule has 0 aliphatic rings. The van der Waals surface area contributed by atoms with Gasteiger partial charge in [0.15, 0.2) is 0 Å². The first-order valence-electron chi connectivity index (χ1n) is 5.15. The van der Waals surface area contributed by atoms with Crippen molar-refractivity contribution in [2.24, 2.45) is 0 Å². The third-order valence-corrected chi connectivity index (χ3v) is 2.54. The average molecular weight is 219 g/mol. The molecule has 3 nitrogen and oxygen atoms in total. The van der Waals surface area contributed by atoms with Gasteiger partial charge in [-0.05, 0) is 37.7 Å². The van der Waals surface area contributed by atoms with E-state index in [2.05, 4.69) is 15.5 Å². The third kappa shape index (κ3) is 1.97. The van der Waals surface area contributed by atoms with Crippen molar-refractivity contribution < 1.29 is 4.39 Å². The third-order valence-electron chi connectivity index (χ3n) is 2.54. The topological polar surface area (TPSA) is 40.7 Å². The van der Waals surface area contributed by atoms with Gasteiger partial charge >= 0.3 is 0 Å². The van der Waals surface area contributed by atoms with E-state index in [1.807, 2.05) is 14.0 Å². The van der Waals surface area contributed by atoms with E-state index >= 15 is 0 Å². The van der Waals surface area contributed by atoms with Gasteiger partial charge in [0.05, 0.1) is 11.9 Å². The quantitative estimate of drug-likeness (QED) is 0.831. The van der Waals surface area contributed by atoms with Crippen LogP contribution in [0, 0.1) is 12.7 Å². The van der Waals surface area contributed by atoms with Crippen molar-refractivity contribution in [2.75, 3.05) is 7.05 Å². The first-order valence-corrected chi connectivity index (χ1v) is 5.15. The molecule has 0 unspecified atom stereocenters. The van der Waals surface area contributed by atoms with Crippen LogP contribution in [-0.4, -0.2) is 17.2 Å². The van der Waals surface area contributed by atoms with Crippen LogP contribution in [0.15, 0.2) is 24.4 Å². The van der Waals surface area contributed by atoms with E-state index in [-0.39, 0.29) is 5.82 Å². The Morgan fingerprint density at radius 1 is 1.44 bits per heavy atom. The second kappa shape index (κ2) is 4.45. The first kappa shape index (κ1) is 10.8. The van der Waals surface area contributed by atoms with Crippen LogP contribution in [-0.2, 0) is 6.54 Å². The molecule has 2 rings (SSSR count). The van der Waals surface area contributed by atoms with Crippen molar-refractivity contribution in [3.63, 3.8) is 0 Å². The number of aryl methyl sites for hydroxylation is 1. The number of benzene rings is 1. The summed E-state index contributed by atoms with van der Waals surface area (Å²) in [5.41, 5.74) is 3.93. The van der Waals surface area contributed by atoms with Crippen LogP contribution in [0.5, 0.6) is 0 Å². The predicted octanol–water partition coefficient (Wildman–Crippen LogP) is 2.24. The van der Waals surface area contributed by atoms with Crippen LogP contribution < -0.4 is 5.32 Å². The lowest BCUT2D eigenvalue weighted by Crippen LogP contribution is -2.05. The number of halogens is 1. The predicted molar refractivity (Wildman–Crippen MR) is 61.5 cm³/mol. The fourth-order valence-corrected chi connectivity index (χ4v) is 1.78. The number of H-pyrrole nitrogens is 1. The molecule has 0 fully saturated rings. The summed E-state index contributed by atoms with van der Waals surface area (Å²) in [6.07, 6.45) is 1.79. The highest BCUT2D eigenvalue weighted by atomic mass is 19.1. The zero-order chi connectivity index (χ0) is 11.5. The highest BCUT2D eigenvalue weighted by Gasteiger charge is 2.09. The van der Waals surface area contributed by atoms with E-state index in [0.29, 0.717) is 0 Å². The summed E-state index contributed by atoms with van der Waals surface area (Å²) in [7, 11) is 1.88. The SMILES string of the molecule is CNCc1cn[nH]c1-c1ccc(F)cc1C. The molecule has 1 aromatic carbocycles. The zero-order valence-corrected chi connectivity index (χ0v) is 9.34. The summed E-state index contributed by atoms with van der Waals surface area (Å²) >= 11 is 0. The number of nitrogens with one attached hydrogen (secondary N) is 2. The lowest BCUT2D eigenvalue weighted by Gasteiger charge is -2.06. The number of nitrogens with zero attached hydrogens (tertiary/aromatic N) is 1. The Morgan fingerprint density at radius 2 is 2.25 bits per heavy atom. The van der Waals surface area contributed by atoms with E-state index in [4.69, 9.17) is 0 Å². The number of hydrogen-bond donors (Lipinski definition) is 2. The van der Waals surface area contributed by atoms with Crippen molar-refractivity contribution in [1.29, 1.82) is 0 Å². The molecule has 4 heteroatoms. The Morgan fingerprint density at radius 3 is 2.94 bits per heavy atom. The van der Waals surface area contributed by atoms with E-state index < -0.39 is 0 Å². The summed E-state index contributed by atoms with van der Waals surface area (Å²) in [5.74, 6) is -0.212. The van der Waals surface area contributed by atoms with Crippen LogP contribution in [0.25, 0.3) is 11.3 Å². The van der Waals surface area contributed by atoms with Crippen LogP contribution >= 0.6 is 0 Å². The van der Waals surface area contributed by atoms with Gasteiger partial charge in [0.2, 0.25) is 0 Å². The molecular weight excluding hydrogens is 205 g/mol. The van der Waals surface area contributed by atoms with Gasteiger partial charge in [0, 0.05) is 17.7 Å². The van der Waals surface area contributed by atoms with Gasteiger partial charge in [-0.15, -0.1) is 0 Å². The number of hydrogen-bond acceptors (Lipinski definition) is 2. The second-order valence-electron chi connectivity index (χ2n) is 3.76. The van der Waals surface area contributed by atoms with Crippen molar-refractivity contribution in [1.82, 2.24) is 15.5 Å². The maximum Gasteiger partial charge on any atom is 0.123 e. The van der Waals surface area contributed by atoms with Gasteiger partial charge in [-0.25, -0.2) is 4.39 Å². The fourth-order valence-electron chi connectivity index (χ4n) is 1.78. The maximum atomic E-state index is 13.0. The molecule has 1 heterocycles. The molecule has 0 saturated heterocycles. The normalized spacial score (nSPS) is 10.7. The van der Waals surface area contributed by atoms with Gasteiger partial charge in [-0.3, -0.25) is 5.10 Å². The molecule has 2 aromatic rings. The molecule has 0 aliphatic heterocycles. The Labute approximate surface area is 93.7 Å². The Kier molecular flexibility index (Phi) is 3.01. The number of rotatable bonds is 3. The minimum Gasteiger partial charge on any atom is -0.316 e. The van der Waals surface area contributed by atoms with Gasteiger partial charge in [0.25, 0.3) is 0 Å². The minimum absolute atomic E-state index is 0.212. The van der Waals surface area contributed by atoms with E-state index in [1.165, 1.54) is 12.1 Å². The molecule has 0 aliphatic carbocycles. The average Bonchev–Trinajstić information content (AvgIpc) is 2.67. The van der Waals surface area contributed by atoms with Gasteiger partial charge in [-0.1, -0.05) is 0 Å². The molecule has 0 atom stereocenters. The van der Waals surface area contributed by atoms with Gasteiger partial charge in [0.1, 0.15) is 5.82 Å². The Balaban J connectivity index is 2.46. The largest absolute Gasteiger partial charge is 0.316 e. The van der Waals surface area contributed by atoms with Crippen LogP contribution in [0.4, 0.5) is 4.39 Å². The Bertz CT molecular complexity index is 491. The van der Waals surface area contributed by atoms with Crippen LogP contribution in [0.1, 0.15) is 11.1 Å². The van der Waals surface area contributed by atoms with Crippen molar-refractivity contribution in [3.8, 4) is 11.3 Å². The standard InChI is InChI=1S/C12H14FN3/c1-8-5-10(13)3-4-11(8)12-9(6-14-2)7-15-16-12/h3-5,7,14H,6H2,1-2H3,(H,15,16). The first-order chi connectivity index (χ1) is 7.72. The number of aromatic amines is 1.